The number of aryl methyl sites for hydroxylation is 2. The first kappa shape index (κ1) is 25.1. The number of piperazine rings is 1. The Morgan fingerprint density at radius 1 is 0.879 bits per heavy atom. The van der Waals surface area contributed by atoms with E-state index >= 15 is 0 Å². The number of aromatic nitrogens is 3. The van der Waals surface area contributed by atoms with E-state index in [1.54, 1.807) is 16.2 Å². The van der Waals surface area contributed by atoms with Crippen molar-refractivity contribution >= 4 is 50.6 Å². The Bertz CT molecular complexity index is 1270. The van der Waals surface area contributed by atoms with E-state index < -0.39 is 0 Å². The van der Waals surface area contributed by atoms with E-state index in [9.17, 15) is 4.79 Å². The SMILES string of the molecule is Cc1nn(CCCCN2CCN(c3nsc4ccccc34)CC2)c(=O)c2ccccc12.Cl.O. The van der Waals surface area contributed by atoms with Crippen LogP contribution in [-0.4, -0.2) is 57.3 Å². The van der Waals surface area contributed by atoms with E-state index in [0.29, 0.717) is 6.54 Å². The zero-order valence-corrected chi connectivity index (χ0v) is 20.4. The monoisotopic (exact) mass is 487 g/mol. The molecule has 2 N–H and O–H groups in total. The largest absolute Gasteiger partial charge is 0.412 e. The molecule has 2 aromatic heterocycles. The highest BCUT2D eigenvalue weighted by Crippen LogP contribution is 2.29. The third-order valence-electron chi connectivity index (χ3n) is 6.18. The molecule has 0 saturated carbocycles. The second-order valence-corrected chi connectivity index (χ2v) is 9.00. The first-order valence-corrected chi connectivity index (χ1v) is 11.8. The fourth-order valence-electron chi connectivity index (χ4n) is 4.44. The number of fused-ring (bicyclic) bond motifs is 2. The normalized spacial score (nSPS) is 14.3. The summed E-state index contributed by atoms with van der Waals surface area (Å²) in [4.78, 5) is 17.6. The van der Waals surface area contributed by atoms with Gasteiger partial charge in [0.2, 0.25) is 0 Å². The fraction of sp³-hybridized carbons (Fsp3) is 0.375. The Balaban J connectivity index is 0.00000153. The average Bonchev–Trinajstić information content (AvgIpc) is 3.24. The molecule has 0 radical (unpaired) electrons. The van der Waals surface area contributed by atoms with Crippen molar-refractivity contribution in [1.29, 1.82) is 0 Å². The Kier molecular flexibility index (Phi) is 8.42. The molecule has 1 saturated heterocycles. The molecule has 0 amide bonds. The van der Waals surface area contributed by atoms with Gasteiger partial charge >= 0.3 is 0 Å². The molecule has 3 heterocycles. The molecule has 1 aliphatic heterocycles. The van der Waals surface area contributed by atoms with E-state index in [1.807, 2.05) is 31.2 Å². The van der Waals surface area contributed by atoms with Crippen molar-refractivity contribution in [2.24, 2.45) is 0 Å². The highest BCUT2D eigenvalue weighted by atomic mass is 35.5. The van der Waals surface area contributed by atoms with Crippen molar-refractivity contribution in [1.82, 2.24) is 19.1 Å². The summed E-state index contributed by atoms with van der Waals surface area (Å²) in [5.41, 5.74) is 0.936. The molecular weight excluding hydrogens is 458 g/mol. The zero-order valence-electron chi connectivity index (χ0n) is 18.7. The predicted molar refractivity (Wildman–Crippen MR) is 139 cm³/mol. The second-order valence-electron chi connectivity index (χ2n) is 8.20. The minimum absolute atomic E-state index is 0. The van der Waals surface area contributed by atoms with Gasteiger partial charge in [0.25, 0.3) is 5.56 Å². The molecule has 0 spiro atoms. The molecule has 0 aliphatic carbocycles. The van der Waals surface area contributed by atoms with Crippen LogP contribution in [0.5, 0.6) is 0 Å². The van der Waals surface area contributed by atoms with Crippen LogP contribution in [0.1, 0.15) is 18.5 Å². The van der Waals surface area contributed by atoms with Crippen molar-refractivity contribution in [3.8, 4) is 0 Å². The maximum absolute atomic E-state index is 12.7. The summed E-state index contributed by atoms with van der Waals surface area (Å²) in [5, 5.41) is 7.51. The molecule has 0 unspecified atom stereocenters. The van der Waals surface area contributed by atoms with Gasteiger partial charge in [0.1, 0.15) is 5.82 Å². The van der Waals surface area contributed by atoms with Gasteiger partial charge in [-0.1, -0.05) is 30.3 Å². The predicted octanol–water partition coefficient (Wildman–Crippen LogP) is 3.51. The maximum Gasteiger partial charge on any atom is 0.274 e. The number of hydrogen-bond donors (Lipinski definition) is 0. The van der Waals surface area contributed by atoms with Crippen molar-refractivity contribution in [2.75, 3.05) is 37.6 Å². The van der Waals surface area contributed by atoms with E-state index in [4.69, 9.17) is 4.37 Å². The van der Waals surface area contributed by atoms with Gasteiger partial charge in [-0.2, -0.15) is 9.47 Å². The number of benzene rings is 2. The minimum atomic E-state index is 0. The molecule has 0 bridgehead atoms. The van der Waals surface area contributed by atoms with Crippen LogP contribution in [0.15, 0.2) is 53.3 Å². The van der Waals surface area contributed by atoms with Gasteiger partial charge in [-0.25, -0.2) is 4.68 Å². The lowest BCUT2D eigenvalue weighted by Gasteiger charge is -2.35. The highest BCUT2D eigenvalue weighted by molar-refractivity contribution is 7.13. The minimum Gasteiger partial charge on any atom is -0.412 e. The lowest BCUT2D eigenvalue weighted by atomic mass is 10.1. The number of halogens is 1. The highest BCUT2D eigenvalue weighted by Gasteiger charge is 2.20. The van der Waals surface area contributed by atoms with Crippen molar-refractivity contribution < 1.29 is 5.48 Å². The molecule has 1 fully saturated rings. The van der Waals surface area contributed by atoms with Crippen LogP contribution in [0.25, 0.3) is 20.9 Å². The van der Waals surface area contributed by atoms with E-state index in [0.717, 1.165) is 67.8 Å². The third kappa shape index (κ3) is 5.19. The quantitative estimate of drug-likeness (QED) is 0.388. The molecule has 0 atom stereocenters. The first-order chi connectivity index (χ1) is 15.2. The number of hydrogen-bond acceptors (Lipinski definition) is 6. The van der Waals surface area contributed by atoms with Crippen LogP contribution in [0.3, 0.4) is 0 Å². The molecule has 176 valence electrons. The molecular formula is C24H30ClN5O2S. The molecule has 2 aromatic carbocycles. The summed E-state index contributed by atoms with van der Waals surface area (Å²) in [6.07, 6.45) is 2.03. The van der Waals surface area contributed by atoms with Gasteiger partial charge in [-0.15, -0.1) is 12.4 Å². The summed E-state index contributed by atoms with van der Waals surface area (Å²) < 4.78 is 7.60. The number of anilines is 1. The van der Waals surface area contributed by atoms with Gasteiger partial charge in [0.05, 0.1) is 15.8 Å². The Labute approximate surface area is 203 Å². The van der Waals surface area contributed by atoms with Crippen molar-refractivity contribution in [2.45, 2.75) is 26.3 Å². The van der Waals surface area contributed by atoms with Crippen LogP contribution in [0, 0.1) is 6.92 Å². The van der Waals surface area contributed by atoms with Crippen LogP contribution in [0.4, 0.5) is 5.82 Å². The summed E-state index contributed by atoms with van der Waals surface area (Å²) >= 11 is 1.59. The molecule has 4 aromatic rings. The van der Waals surface area contributed by atoms with Crippen LogP contribution in [-0.2, 0) is 6.54 Å². The summed E-state index contributed by atoms with van der Waals surface area (Å²) in [7, 11) is 0. The van der Waals surface area contributed by atoms with Crippen LogP contribution < -0.4 is 10.5 Å². The Hall–Kier alpha value is -2.52. The molecule has 7 nitrogen and oxygen atoms in total. The van der Waals surface area contributed by atoms with Crippen molar-refractivity contribution in [3.05, 3.63) is 64.6 Å². The Morgan fingerprint density at radius 3 is 2.27 bits per heavy atom. The average molecular weight is 488 g/mol. The lowest BCUT2D eigenvalue weighted by molar-refractivity contribution is 0.250. The van der Waals surface area contributed by atoms with Crippen molar-refractivity contribution in [3.63, 3.8) is 0 Å². The van der Waals surface area contributed by atoms with E-state index in [-0.39, 0.29) is 23.4 Å². The van der Waals surface area contributed by atoms with Gasteiger partial charge in [-0.3, -0.25) is 9.69 Å². The van der Waals surface area contributed by atoms with Crippen LogP contribution >= 0.6 is 23.9 Å². The number of rotatable bonds is 6. The van der Waals surface area contributed by atoms with Gasteiger partial charge in [0, 0.05) is 43.5 Å². The summed E-state index contributed by atoms with van der Waals surface area (Å²) in [5.74, 6) is 1.14. The lowest BCUT2D eigenvalue weighted by Crippen LogP contribution is -2.46. The molecule has 1 aliphatic rings. The smallest absolute Gasteiger partial charge is 0.274 e. The Morgan fingerprint density at radius 2 is 1.52 bits per heavy atom. The second kappa shape index (κ2) is 11.1. The summed E-state index contributed by atoms with van der Waals surface area (Å²) in [6.45, 7) is 7.85. The molecule has 5 rings (SSSR count). The standard InChI is InChI=1S/C24H27N5OS.ClH.H2O/c1-18-19-8-2-3-9-20(19)24(30)29(25-18)13-7-6-12-27-14-16-28(17-15-27)23-21-10-4-5-11-22(21)31-26-23;;/h2-5,8-11H,6-7,12-17H2,1H3;1H;1H2. The number of unbranched alkanes of at least 4 members (excludes halogenated alkanes) is 1. The van der Waals surface area contributed by atoms with Gasteiger partial charge < -0.3 is 10.4 Å². The van der Waals surface area contributed by atoms with Gasteiger partial charge in [-0.05, 0) is 56.0 Å². The number of nitrogens with zero attached hydrogens (tertiary/aromatic N) is 5. The van der Waals surface area contributed by atoms with E-state index in [2.05, 4.69) is 39.2 Å². The van der Waals surface area contributed by atoms with Gasteiger partial charge in [0.15, 0.2) is 0 Å². The fourth-order valence-corrected chi connectivity index (χ4v) is 5.23. The zero-order chi connectivity index (χ0) is 21.2. The third-order valence-corrected chi connectivity index (χ3v) is 6.99. The van der Waals surface area contributed by atoms with Crippen LogP contribution in [0.2, 0.25) is 0 Å². The molecule has 9 heteroatoms. The first-order valence-electron chi connectivity index (χ1n) is 11.0. The van der Waals surface area contributed by atoms with E-state index in [1.165, 1.54) is 10.1 Å². The molecule has 33 heavy (non-hydrogen) atoms. The maximum atomic E-state index is 12.7. The summed E-state index contributed by atoms with van der Waals surface area (Å²) in [6, 6.07) is 16.2. The topological polar surface area (TPSA) is 85.8 Å².